The van der Waals surface area contributed by atoms with Crippen molar-refractivity contribution in [1.29, 1.82) is 0 Å². The number of benzene rings is 1. The Morgan fingerprint density at radius 2 is 1.86 bits per heavy atom. The molecule has 2 N–H and O–H groups in total. The van der Waals surface area contributed by atoms with E-state index in [-0.39, 0.29) is 18.6 Å². The molecule has 1 atom stereocenters. The third-order valence-electron chi connectivity index (χ3n) is 3.89. The second kappa shape index (κ2) is 8.41. The minimum atomic E-state index is -0.592. The number of rotatable bonds is 5. The van der Waals surface area contributed by atoms with Gasteiger partial charge in [-0.2, -0.15) is 0 Å². The highest BCUT2D eigenvalue weighted by atomic mass is 16.5. The predicted octanol–water partition coefficient (Wildman–Crippen LogP) is 2.75. The number of nitrogens with one attached hydrogen (secondary N) is 2. The maximum absolute atomic E-state index is 12.0. The quantitative estimate of drug-likeness (QED) is 0.879. The van der Waals surface area contributed by atoms with Crippen LogP contribution in [0.15, 0.2) is 30.3 Å². The van der Waals surface area contributed by atoms with Crippen LogP contribution in [0.2, 0.25) is 0 Å². The van der Waals surface area contributed by atoms with Crippen LogP contribution >= 0.6 is 0 Å². The molecule has 120 valence electrons. The second-order valence-corrected chi connectivity index (χ2v) is 5.77. The molecule has 5 heteroatoms. The highest BCUT2D eigenvalue weighted by Crippen LogP contribution is 2.17. The lowest BCUT2D eigenvalue weighted by molar-refractivity contribution is -0.123. The normalized spacial score (nSPS) is 16.6. The fourth-order valence-electron chi connectivity index (χ4n) is 2.58. The second-order valence-electron chi connectivity index (χ2n) is 5.77. The molecule has 0 heterocycles. The molecule has 1 aromatic carbocycles. The first kappa shape index (κ1) is 16.3. The van der Waals surface area contributed by atoms with Crippen LogP contribution in [0.5, 0.6) is 0 Å². The largest absolute Gasteiger partial charge is 0.445 e. The summed E-state index contributed by atoms with van der Waals surface area (Å²) in [5.41, 5.74) is 0.914. The summed E-state index contributed by atoms with van der Waals surface area (Å²) in [6.07, 6.45) is 5.03. The number of ether oxygens (including phenoxy) is 1. The molecule has 1 aliphatic carbocycles. The molecule has 0 unspecified atom stereocenters. The van der Waals surface area contributed by atoms with Crippen molar-refractivity contribution in [3.8, 4) is 0 Å². The molecule has 22 heavy (non-hydrogen) atoms. The van der Waals surface area contributed by atoms with Gasteiger partial charge in [-0.15, -0.1) is 0 Å². The van der Waals surface area contributed by atoms with E-state index < -0.39 is 12.1 Å². The summed E-state index contributed by atoms with van der Waals surface area (Å²) < 4.78 is 5.11. The summed E-state index contributed by atoms with van der Waals surface area (Å²) in [4.78, 5) is 23.7. The molecule has 1 aromatic rings. The number of carbonyl (C=O) groups excluding carboxylic acids is 2. The van der Waals surface area contributed by atoms with Crippen LogP contribution in [-0.4, -0.2) is 24.1 Å². The van der Waals surface area contributed by atoms with Gasteiger partial charge in [0, 0.05) is 6.04 Å². The van der Waals surface area contributed by atoms with Crippen molar-refractivity contribution in [2.45, 2.75) is 57.7 Å². The van der Waals surface area contributed by atoms with Crippen molar-refractivity contribution in [3.63, 3.8) is 0 Å². The van der Waals surface area contributed by atoms with Crippen LogP contribution in [0.25, 0.3) is 0 Å². The van der Waals surface area contributed by atoms with E-state index in [9.17, 15) is 9.59 Å². The van der Waals surface area contributed by atoms with E-state index >= 15 is 0 Å². The van der Waals surface area contributed by atoms with E-state index in [0.29, 0.717) is 0 Å². The van der Waals surface area contributed by atoms with Crippen molar-refractivity contribution < 1.29 is 14.3 Å². The molecular weight excluding hydrogens is 280 g/mol. The minimum absolute atomic E-state index is 0.149. The van der Waals surface area contributed by atoms with E-state index in [4.69, 9.17) is 4.74 Å². The zero-order valence-electron chi connectivity index (χ0n) is 13.0. The Morgan fingerprint density at radius 1 is 1.18 bits per heavy atom. The zero-order chi connectivity index (χ0) is 15.8. The molecule has 0 radical (unpaired) electrons. The van der Waals surface area contributed by atoms with Gasteiger partial charge < -0.3 is 15.4 Å². The van der Waals surface area contributed by atoms with E-state index in [1.807, 2.05) is 30.3 Å². The lowest BCUT2D eigenvalue weighted by Crippen LogP contribution is -2.48. The van der Waals surface area contributed by atoms with Gasteiger partial charge in [-0.3, -0.25) is 4.79 Å². The van der Waals surface area contributed by atoms with Gasteiger partial charge in [0.15, 0.2) is 0 Å². The van der Waals surface area contributed by atoms with Gasteiger partial charge in [0.1, 0.15) is 12.6 Å². The van der Waals surface area contributed by atoms with Gasteiger partial charge in [-0.1, -0.05) is 49.6 Å². The monoisotopic (exact) mass is 304 g/mol. The minimum Gasteiger partial charge on any atom is -0.445 e. The molecule has 0 aromatic heterocycles. The third kappa shape index (κ3) is 5.39. The van der Waals surface area contributed by atoms with Crippen molar-refractivity contribution in [3.05, 3.63) is 35.9 Å². The predicted molar refractivity (Wildman–Crippen MR) is 84.2 cm³/mol. The molecule has 0 spiro atoms. The number of hydrogen-bond donors (Lipinski definition) is 2. The first-order valence-electron chi connectivity index (χ1n) is 7.93. The van der Waals surface area contributed by atoms with E-state index in [1.165, 1.54) is 6.42 Å². The highest BCUT2D eigenvalue weighted by molar-refractivity contribution is 5.85. The van der Waals surface area contributed by atoms with Crippen LogP contribution in [-0.2, 0) is 16.1 Å². The molecule has 0 saturated heterocycles. The molecule has 5 nitrogen and oxygen atoms in total. The Bertz CT molecular complexity index is 484. The standard InChI is InChI=1S/C17H24N2O3/c1-13(16(20)19-15-10-6-3-7-11-15)18-17(21)22-12-14-8-4-2-5-9-14/h2,4-5,8-9,13,15H,3,6-7,10-12H2,1H3,(H,18,21)(H,19,20)/t13-/m0/s1. The van der Waals surface area contributed by atoms with Gasteiger partial charge in [0.25, 0.3) is 0 Å². The van der Waals surface area contributed by atoms with Gasteiger partial charge in [-0.05, 0) is 25.3 Å². The SMILES string of the molecule is C[C@H](NC(=O)OCc1ccccc1)C(=O)NC1CCCCC1. The Balaban J connectivity index is 1.69. The summed E-state index contributed by atoms with van der Waals surface area (Å²) in [5, 5.41) is 5.55. The van der Waals surface area contributed by atoms with Crippen molar-refractivity contribution in [2.75, 3.05) is 0 Å². The Morgan fingerprint density at radius 3 is 2.55 bits per heavy atom. The summed E-state index contributed by atoms with van der Waals surface area (Å²) >= 11 is 0. The lowest BCUT2D eigenvalue weighted by Gasteiger charge is -2.24. The molecule has 0 bridgehead atoms. The van der Waals surface area contributed by atoms with E-state index in [0.717, 1.165) is 31.2 Å². The highest BCUT2D eigenvalue weighted by Gasteiger charge is 2.21. The maximum atomic E-state index is 12.0. The molecule has 0 aliphatic heterocycles. The van der Waals surface area contributed by atoms with E-state index in [2.05, 4.69) is 10.6 Å². The average Bonchev–Trinajstić information content (AvgIpc) is 2.55. The van der Waals surface area contributed by atoms with Gasteiger partial charge in [0.05, 0.1) is 0 Å². The molecule has 1 aliphatic rings. The smallest absolute Gasteiger partial charge is 0.408 e. The first-order valence-corrected chi connectivity index (χ1v) is 7.93. The van der Waals surface area contributed by atoms with Crippen molar-refractivity contribution >= 4 is 12.0 Å². The van der Waals surface area contributed by atoms with Crippen molar-refractivity contribution in [2.24, 2.45) is 0 Å². The number of alkyl carbamates (subject to hydrolysis) is 1. The van der Waals surface area contributed by atoms with Gasteiger partial charge in [-0.25, -0.2) is 4.79 Å². The number of hydrogen-bond acceptors (Lipinski definition) is 3. The summed E-state index contributed by atoms with van der Waals surface area (Å²) in [7, 11) is 0. The Labute approximate surface area is 131 Å². The van der Waals surface area contributed by atoms with Crippen LogP contribution in [0, 0.1) is 0 Å². The van der Waals surface area contributed by atoms with Crippen LogP contribution < -0.4 is 10.6 Å². The molecule has 1 saturated carbocycles. The van der Waals surface area contributed by atoms with Gasteiger partial charge >= 0.3 is 6.09 Å². The molecule has 2 amide bonds. The Hall–Kier alpha value is -2.04. The fraction of sp³-hybridized carbons (Fsp3) is 0.529. The van der Waals surface area contributed by atoms with Crippen LogP contribution in [0.4, 0.5) is 4.79 Å². The van der Waals surface area contributed by atoms with Crippen molar-refractivity contribution in [1.82, 2.24) is 10.6 Å². The first-order chi connectivity index (χ1) is 10.6. The van der Waals surface area contributed by atoms with Gasteiger partial charge in [0.2, 0.25) is 5.91 Å². The zero-order valence-corrected chi connectivity index (χ0v) is 13.0. The number of amides is 2. The summed E-state index contributed by atoms with van der Waals surface area (Å²) in [5.74, 6) is -0.149. The average molecular weight is 304 g/mol. The molecule has 2 rings (SSSR count). The number of carbonyl (C=O) groups is 2. The molecule has 1 fully saturated rings. The lowest BCUT2D eigenvalue weighted by atomic mass is 9.95. The topological polar surface area (TPSA) is 67.4 Å². The van der Waals surface area contributed by atoms with Crippen LogP contribution in [0.1, 0.15) is 44.6 Å². The van der Waals surface area contributed by atoms with E-state index in [1.54, 1.807) is 6.92 Å². The Kier molecular flexibility index (Phi) is 6.25. The summed E-state index contributed by atoms with van der Waals surface area (Å²) in [6.45, 7) is 1.87. The maximum Gasteiger partial charge on any atom is 0.408 e. The van der Waals surface area contributed by atoms with Crippen LogP contribution in [0.3, 0.4) is 0 Å². The third-order valence-corrected chi connectivity index (χ3v) is 3.89. The molecular formula is C17H24N2O3. The fourth-order valence-corrected chi connectivity index (χ4v) is 2.58. The summed E-state index contributed by atoms with van der Waals surface area (Å²) in [6, 6.07) is 9.09.